The smallest absolute Gasteiger partial charge is 0.201 e. The minimum Gasteiger partial charge on any atom is -0.201 e. The molecule has 0 atom stereocenters. The van der Waals surface area contributed by atoms with Crippen molar-refractivity contribution in [3.63, 3.8) is 0 Å². The summed E-state index contributed by atoms with van der Waals surface area (Å²) in [4.78, 5) is 0. The van der Waals surface area contributed by atoms with Crippen molar-refractivity contribution in [2.24, 2.45) is 7.05 Å². The zero-order valence-electron chi connectivity index (χ0n) is 22.1. The van der Waals surface area contributed by atoms with Crippen molar-refractivity contribution in [2.45, 2.75) is 27.5 Å². The highest BCUT2D eigenvalue weighted by Gasteiger charge is 2.15. The Labute approximate surface area is 151 Å². The van der Waals surface area contributed by atoms with E-state index in [-0.39, 0.29) is 16.7 Å². The molecule has 0 N–H and O–H groups in total. The fourth-order valence-corrected chi connectivity index (χ4v) is 2.81. The van der Waals surface area contributed by atoms with Crippen molar-refractivity contribution in [1.29, 1.82) is 0 Å². The third kappa shape index (κ3) is 2.92. The minimum atomic E-state index is -2.45. The number of aryl methyl sites for hydroxylation is 5. The summed E-state index contributed by atoms with van der Waals surface area (Å²) in [5.74, 6) is 0. The number of pyridine rings is 1. The van der Waals surface area contributed by atoms with Gasteiger partial charge in [-0.15, -0.1) is 0 Å². The molecule has 0 saturated carbocycles. The van der Waals surface area contributed by atoms with Crippen LogP contribution in [0.2, 0.25) is 0 Å². The Morgan fingerprint density at radius 3 is 2.35 bits per heavy atom. The second-order valence-electron chi connectivity index (χ2n) is 5.67. The van der Waals surface area contributed by atoms with Crippen molar-refractivity contribution in [2.75, 3.05) is 0 Å². The van der Waals surface area contributed by atoms with Gasteiger partial charge in [-0.3, -0.25) is 0 Å². The lowest BCUT2D eigenvalue weighted by Crippen LogP contribution is -2.31. The van der Waals surface area contributed by atoms with Crippen LogP contribution in [0, 0.1) is 27.5 Å². The average Bonchev–Trinajstić information content (AvgIpc) is 2.66. The summed E-state index contributed by atoms with van der Waals surface area (Å²) in [6.45, 7) is -5.34. The quantitative estimate of drug-likeness (QED) is 0.581. The molecule has 0 unspecified atom stereocenters. The third-order valence-corrected chi connectivity index (χ3v) is 3.99. The largest absolute Gasteiger partial charge is 0.212 e. The molecule has 1 nitrogen and oxygen atoms in total. The SMILES string of the molecule is [2H]C([2H])([2H])c1ccc(-c2cc(-c3ccccc3C([2H])([2H])[2H])c(C([2H])([2H])[2H])cc2C)[n+](C)c1. The molecule has 23 heavy (non-hydrogen) atoms. The highest BCUT2D eigenvalue weighted by atomic mass is 14.9. The van der Waals surface area contributed by atoms with E-state index in [2.05, 4.69) is 0 Å². The van der Waals surface area contributed by atoms with Crippen LogP contribution in [0.25, 0.3) is 22.4 Å². The van der Waals surface area contributed by atoms with Crippen LogP contribution < -0.4 is 4.57 Å². The molecular weight excluding hydrogens is 278 g/mol. The van der Waals surface area contributed by atoms with Gasteiger partial charge in [-0.2, -0.15) is 0 Å². The van der Waals surface area contributed by atoms with E-state index in [4.69, 9.17) is 12.3 Å². The van der Waals surface area contributed by atoms with E-state index in [1.54, 1.807) is 54.9 Å². The molecule has 1 heteroatoms. The zero-order chi connectivity index (χ0) is 24.1. The van der Waals surface area contributed by atoms with E-state index in [0.717, 1.165) is 0 Å². The molecule has 3 aromatic rings. The van der Waals surface area contributed by atoms with Crippen LogP contribution in [0.15, 0.2) is 54.7 Å². The van der Waals surface area contributed by atoms with E-state index in [0.29, 0.717) is 27.9 Å². The van der Waals surface area contributed by atoms with Gasteiger partial charge in [0, 0.05) is 29.5 Å². The molecule has 1 aromatic heterocycles. The van der Waals surface area contributed by atoms with E-state index in [1.807, 2.05) is 0 Å². The molecule has 0 spiro atoms. The van der Waals surface area contributed by atoms with Gasteiger partial charge in [0.1, 0.15) is 7.05 Å². The standard InChI is InChI=1S/C22H24N/c1-15-10-11-22(23(5)14-15)21-13-20(17(3)12-18(21)4)19-9-7-6-8-16(19)2/h6-14H,1-5H3/q+1/i1D3,2D3,3D3. The van der Waals surface area contributed by atoms with Crippen molar-refractivity contribution in [3.8, 4) is 22.4 Å². The van der Waals surface area contributed by atoms with Gasteiger partial charge in [-0.05, 0) is 67.4 Å². The zero-order valence-corrected chi connectivity index (χ0v) is 13.1. The highest BCUT2D eigenvalue weighted by Crippen LogP contribution is 2.32. The minimum absolute atomic E-state index is 0.0669. The summed E-state index contributed by atoms with van der Waals surface area (Å²) >= 11 is 0. The molecule has 0 radical (unpaired) electrons. The lowest BCUT2D eigenvalue weighted by Gasteiger charge is -2.13. The fraction of sp³-hybridized carbons (Fsp3) is 0.227. The first-order valence-corrected chi connectivity index (χ1v) is 7.36. The first kappa shape index (κ1) is 7.92. The lowest BCUT2D eigenvalue weighted by atomic mass is 9.91. The topological polar surface area (TPSA) is 3.88 Å². The van der Waals surface area contributed by atoms with Crippen LogP contribution in [-0.2, 0) is 7.05 Å². The van der Waals surface area contributed by atoms with Gasteiger partial charge >= 0.3 is 0 Å². The molecule has 1 heterocycles. The molecule has 0 aliphatic rings. The average molecular weight is 311 g/mol. The number of benzene rings is 2. The second-order valence-corrected chi connectivity index (χ2v) is 5.67. The third-order valence-electron chi connectivity index (χ3n) is 3.99. The molecule has 0 bridgehead atoms. The molecule has 116 valence electrons. The maximum Gasteiger partial charge on any atom is 0.212 e. The number of hydrogen-bond acceptors (Lipinski definition) is 0. The van der Waals surface area contributed by atoms with Gasteiger partial charge in [0.25, 0.3) is 0 Å². The maximum atomic E-state index is 8.03. The highest BCUT2D eigenvalue weighted by molar-refractivity contribution is 5.77. The van der Waals surface area contributed by atoms with Crippen LogP contribution in [0.5, 0.6) is 0 Å². The van der Waals surface area contributed by atoms with Gasteiger partial charge in [0.05, 0.1) is 0 Å². The summed E-state index contributed by atoms with van der Waals surface area (Å²) < 4.78 is 72.3. The predicted molar refractivity (Wildman–Crippen MR) is 97.4 cm³/mol. The molecule has 3 rings (SSSR count). The van der Waals surface area contributed by atoms with Gasteiger partial charge in [0.15, 0.2) is 6.20 Å². The molecule has 0 aliphatic carbocycles. The second kappa shape index (κ2) is 6.00. The van der Waals surface area contributed by atoms with Crippen LogP contribution in [0.1, 0.15) is 34.6 Å². The fourth-order valence-electron chi connectivity index (χ4n) is 2.81. The van der Waals surface area contributed by atoms with Crippen LogP contribution in [0.4, 0.5) is 0 Å². The Kier molecular flexibility index (Phi) is 2.07. The van der Waals surface area contributed by atoms with Gasteiger partial charge < -0.3 is 0 Å². The summed E-state index contributed by atoms with van der Waals surface area (Å²) in [5, 5.41) is 0. The van der Waals surface area contributed by atoms with Gasteiger partial charge in [0.2, 0.25) is 5.69 Å². The van der Waals surface area contributed by atoms with Crippen LogP contribution >= 0.6 is 0 Å². The number of aromatic nitrogens is 1. The normalized spacial score (nSPS) is 18.3. The maximum absolute atomic E-state index is 8.03. The van der Waals surface area contributed by atoms with Crippen molar-refractivity contribution in [1.82, 2.24) is 0 Å². The molecule has 0 aliphatic heterocycles. The molecule has 2 aromatic carbocycles. The van der Waals surface area contributed by atoms with E-state index >= 15 is 0 Å². The number of hydrogen-bond donors (Lipinski definition) is 0. The summed E-state index contributed by atoms with van der Waals surface area (Å²) in [7, 11) is 1.72. The Morgan fingerprint density at radius 2 is 1.61 bits per heavy atom. The lowest BCUT2D eigenvalue weighted by molar-refractivity contribution is -0.660. The molecule has 0 amide bonds. The Morgan fingerprint density at radius 1 is 0.783 bits per heavy atom. The Bertz CT molecular complexity index is 1160. The van der Waals surface area contributed by atoms with Crippen LogP contribution in [-0.4, -0.2) is 0 Å². The molecule has 0 saturated heterocycles. The molecule has 0 fully saturated rings. The van der Waals surface area contributed by atoms with E-state index in [9.17, 15) is 0 Å². The molecular formula is C22H24N+. The Balaban J connectivity index is 2.33. The summed E-state index contributed by atoms with van der Waals surface area (Å²) in [6.07, 6.45) is 1.52. The van der Waals surface area contributed by atoms with Crippen LogP contribution in [0.3, 0.4) is 0 Å². The monoisotopic (exact) mass is 311 g/mol. The van der Waals surface area contributed by atoms with Gasteiger partial charge in [-0.25, -0.2) is 4.57 Å². The predicted octanol–water partition coefficient (Wildman–Crippen LogP) is 5.08. The first-order chi connectivity index (χ1) is 14.6. The van der Waals surface area contributed by atoms with E-state index < -0.39 is 20.6 Å². The van der Waals surface area contributed by atoms with Crippen molar-refractivity contribution >= 4 is 0 Å². The number of rotatable bonds is 2. The number of nitrogens with zero attached hydrogens (tertiary/aromatic N) is 1. The first-order valence-electron chi connectivity index (χ1n) is 11.9. The summed E-state index contributed by atoms with van der Waals surface area (Å²) in [5.41, 5.74) is 3.03. The van der Waals surface area contributed by atoms with Crippen molar-refractivity contribution in [3.05, 3.63) is 77.0 Å². The summed E-state index contributed by atoms with van der Waals surface area (Å²) in [6, 6.07) is 12.8. The van der Waals surface area contributed by atoms with Gasteiger partial charge in [-0.1, -0.05) is 30.3 Å². The Hall–Kier alpha value is -2.41. The van der Waals surface area contributed by atoms with E-state index in [1.165, 1.54) is 18.3 Å². The van der Waals surface area contributed by atoms with Crippen molar-refractivity contribution < 1.29 is 16.9 Å².